The van der Waals surface area contributed by atoms with E-state index in [1.807, 2.05) is 0 Å². The minimum atomic E-state index is -0.873. The van der Waals surface area contributed by atoms with E-state index in [9.17, 15) is 14.4 Å². The molecule has 1 heterocycles. The number of carbonyl (C=O) groups is 3. The second-order valence-corrected chi connectivity index (χ2v) is 5.83. The third-order valence-corrected chi connectivity index (χ3v) is 4.11. The number of ketones is 1. The molecule has 1 aliphatic heterocycles. The summed E-state index contributed by atoms with van der Waals surface area (Å²) in [6.45, 7) is 1.97. The molecule has 0 saturated heterocycles. The van der Waals surface area contributed by atoms with Crippen molar-refractivity contribution in [2.75, 3.05) is 6.61 Å². The largest absolute Gasteiger partial charge is 0.462 e. The molecule has 0 bridgehead atoms. The summed E-state index contributed by atoms with van der Waals surface area (Å²) in [7, 11) is 0. The van der Waals surface area contributed by atoms with Gasteiger partial charge >= 0.3 is 11.9 Å². The second-order valence-electron chi connectivity index (χ2n) is 5.42. The first kappa shape index (κ1) is 17.7. The van der Waals surface area contributed by atoms with Gasteiger partial charge in [0.05, 0.1) is 28.5 Å². The molecule has 7 heteroatoms. The lowest BCUT2D eigenvalue weighted by Gasteiger charge is -2.19. The predicted molar refractivity (Wildman–Crippen MR) is 94.9 cm³/mol. The smallest absolute Gasteiger partial charge is 0.349 e. The Morgan fingerprint density at radius 3 is 2.42 bits per heavy atom. The van der Waals surface area contributed by atoms with Crippen LogP contribution in [0.4, 0.5) is 0 Å². The molecule has 2 N–H and O–H groups in total. The molecule has 2 aromatic carbocycles. The number of nitrogens with two attached hydrogens (primary N) is 1. The van der Waals surface area contributed by atoms with Gasteiger partial charge in [0.15, 0.2) is 5.75 Å². The van der Waals surface area contributed by atoms with E-state index in [2.05, 4.69) is 0 Å². The quantitative estimate of drug-likeness (QED) is 0.385. The summed E-state index contributed by atoms with van der Waals surface area (Å²) in [5.41, 5.74) is 6.63. The van der Waals surface area contributed by atoms with E-state index < -0.39 is 17.7 Å². The SMILES string of the molecule is CCOC(=O)c1ccc(/C(N)=C2/C(=O)Oc3c(Cl)cccc3C2=O)cc1. The molecule has 0 saturated carbocycles. The van der Waals surface area contributed by atoms with Crippen molar-refractivity contribution in [2.24, 2.45) is 5.73 Å². The van der Waals surface area contributed by atoms with Crippen LogP contribution in [0.3, 0.4) is 0 Å². The van der Waals surface area contributed by atoms with Crippen LogP contribution in [0, 0.1) is 0 Å². The minimum absolute atomic E-state index is 0.0263. The normalized spacial score (nSPS) is 15.2. The van der Waals surface area contributed by atoms with Crippen LogP contribution in [0.1, 0.15) is 33.2 Å². The Bertz CT molecular complexity index is 947. The van der Waals surface area contributed by atoms with E-state index in [1.165, 1.54) is 36.4 Å². The Balaban J connectivity index is 2.01. The second kappa shape index (κ2) is 7.01. The van der Waals surface area contributed by atoms with E-state index in [0.717, 1.165) is 0 Å². The number of fused-ring (bicyclic) bond motifs is 1. The lowest BCUT2D eigenvalue weighted by Crippen LogP contribution is -2.28. The number of carbonyl (C=O) groups excluding carboxylic acids is 3. The molecule has 0 amide bonds. The maximum Gasteiger partial charge on any atom is 0.349 e. The minimum Gasteiger partial charge on any atom is -0.462 e. The van der Waals surface area contributed by atoms with Crippen molar-refractivity contribution in [1.82, 2.24) is 0 Å². The van der Waals surface area contributed by atoms with Crippen LogP contribution in [-0.2, 0) is 9.53 Å². The highest BCUT2D eigenvalue weighted by atomic mass is 35.5. The summed E-state index contributed by atoms with van der Waals surface area (Å²) in [4.78, 5) is 36.7. The molecule has 26 heavy (non-hydrogen) atoms. The third-order valence-electron chi connectivity index (χ3n) is 3.81. The van der Waals surface area contributed by atoms with E-state index >= 15 is 0 Å². The zero-order valence-electron chi connectivity index (χ0n) is 13.7. The average molecular weight is 372 g/mol. The van der Waals surface area contributed by atoms with Gasteiger partial charge in [-0.05, 0) is 36.8 Å². The van der Waals surface area contributed by atoms with Gasteiger partial charge in [-0.15, -0.1) is 0 Å². The molecule has 0 aliphatic carbocycles. The van der Waals surface area contributed by atoms with Crippen LogP contribution in [0.2, 0.25) is 5.02 Å². The number of hydrogen-bond donors (Lipinski definition) is 1. The van der Waals surface area contributed by atoms with Crippen LogP contribution in [0.5, 0.6) is 5.75 Å². The highest BCUT2D eigenvalue weighted by Gasteiger charge is 2.34. The lowest BCUT2D eigenvalue weighted by atomic mass is 9.95. The highest BCUT2D eigenvalue weighted by molar-refractivity contribution is 6.36. The molecule has 0 aromatic heterocycles. The Kier molecular flexibility index (Phi) is 4.77. The van der Waals surface area contributed by atoms with Crippen molar-refractivity contribution in [3.05, 3.63) is 69.8 Å². The van der Waals surface area contributed by atoms with Gasteiger partial charge in [-0.2, -0.15) is 0 Å². The van der Waals surface area contributed by atoms with Crippen molar-refractivity contribution in [1.29, 1.82) is 0 Å². The molecule has 6 nitrogen and oxygen atoms in total. The molecule has 0 spiro atoms. The number of ether oxygens (including phenoxy) is 2. The van der Waals surface area contributed by atoms with Gasteiger partial charge in [-0.25, -0.2) is 9.59 Å². The van der Waals surface area contributed by atoms with Gasteiger partial charge in [0.25, 0.3) is 0 Å². The molecular weight excluding hydrogens is 358 g/mol. The Labute approximate surface area is 154 Å². The Hall–Kier alpha value is -3.12. The lowest BCUT2D eigenvalue weighted by molar-refractivity contribution is -0.130. The molecule has 3 rings (SSSR count). The number of rotatable bonds is 3. The van der Waals surface area contributed by atoms with Gasteiger partial charge in [-0.1, -0.05) is 29.8 Å². The number of para-hydroxylation sites is 1. The van der Waals surface area contributed by atoms with Crippen molar-refractivity contribution >= 4 is 35.0 Å². The fourth-order valence-electron chi connectivity index (χ4n) is 2.54. The predicted octanol–water partition coefficient (Wildman–Crippen LogP) is 2.99. The van der Waals surface area contributed by atoms with E-state index in [1.54, 1.807) is 13.0 Å². The molecule has 0 atom stereocenters. The van der Waals surface area contributed by atoms with Crippen molar-refractivity contribution in [2.45, 2.75) is 6.92 Å². The third kappa shape index (κ3) is 3.07. The molecule has 0 fully saturated rings. The first-order valence-corrected chi connectivity index (χ1v) is 8.14. The van der Waals surface area contributed by atoms with Gasteiger partial charge < -0.3 is 15.2 Å². The average Bonchev–Trinajstić information content (AvgIpc) is 2.63. The van der Waals surface area contributed by atoms with Crippen LogP contribution in [0.15, 0.2) is 48.0 Å². The number of halogens is 1. The number of benzene rings is 2. The topological polar surface area (TPSA) is 95.7 Å². The molecule has 132 valence electrons. The first-order valence-electron chi connectivity index (χ1n) is 7.76. The summed E-state index contributed by atoms with van der Waals surface area (Å²) in [5.74, 6) is -1.88. The summed E-state index contributed by atoms with van der Waals surface area (Å²) in [6, 6.07) is 10.7. The molecular formula is C19H14ClNO5. The van der Waals surface area contributed by atoms with E-state index in [4.69, 9.17) is 26.8 Å². The molecule has 1 aliphatic rings. The maximum atomic E-state index is 12.7. The van der Waals surface area contributed by atoms with E-state index in [-0.39, 0.29) is 34.2 Å². The summed E-state index contributed by atoms with van der Waals surface area (Å²) in [6.07, 6.45) is 0. The Morgan fingerprint density at radius 1 is 1.12 bits per heavy atom. The number of hydrogen-bond acceptors (Lipinski definition) is 6. The highest BCUT2D eigenvalue weighted by Crippen LogP contribution is 2.35. The zero-order valence-corrected chi connectivity index (χ0v) is 14.5. The fourth-order valence-corrected chi connectivity index (χ4v) is 2.75. The zero-order chi connectivity index (χ0) is 18.8. The van der Waals surface area contributed by atoms with Gasteiger partial charge in [-0.3, -0.25) is 4.79 Å². The van der Waals surface area contributed by atoms with E-state index in [0.29, 0.717) is 11.1 Å². The number of Topliss-reactive ketones (excluding diaryl/α,β-unsaturated/α-hetero) is 1. The summed E-state index contributed by atoms with van der Waals surface area (Å²) < 4.78 is 10.1. The monoisotopic (exact) mass is 371 g/mol. The molecule has 2 aromatic rings. The van der Waals surface area contributed by atoms with Gasteiger partial charge in [0.1, 0.15) is 5.57 Å². The summed E-state index contributed by atoms with van der Waals surface area (Å²) in [5, 5.41) is 0.167. The van der Waals surface area contributed by atoms with Crippen molar-refractivity contribution in [3.8, 4) is 5.75 Å². The summed E-state index contributed by atoms with van der Waals surface area (Å²) >= 11 is 5.97. The van der Waals surface area contributed by atoms with Crippen LogP contribution in [0.25, 0.3) is 5.70 Å². The van der Waals surface area contributed by atoms with Crippen molar-refractivity contribution in [3.63, 3.8) is 0 Å². The standard InChI is InChI=1S/C19H14ClNO5/c1-2-25-18(23)11-8-6-10(7-9-11)15(21)14-16(22)12-4-3-5-13(20)17(12)26-19(14)24/h3-9H,2,21H2,1H3/b15-14-. The van der Waals surface area contributed by atoms with Crippen molar-refractivity contribution < 1.29 is 23.9 Å². The van der Waals surface area contributed by atoms with Crippen LogP contribution >= 0.6 is 11.6 Å². The number of esters is 2. The maximum absolute atomic E-state index is 12.7. The molecule has 0 unspecified atom stereocenters. The molecule has 0 radical (unpaired) electrons. The van der Waals surface area contributed by atoms with Gasteiger partial charge in [0.2, 0.25) is 5.78 Å². The Morgan fingerprint density at radius 2 is 1.77 bits per heavy atom. The fraction of sp³-hybridized carbons (Fsp3) is 0.105. The first-order chi connectivity index (χ1) is 12.4. The van der Waals surface area contributed by atoms with Gasteiger partial charge in [0, 0.05) is 0 Å². The van der Waals surface area contributed by atoms with Crippen LogP contribution < -0.4 is 10.5 Å². The van der Waals surface area contributed by atoms with Crippen LogP contribution in [-0.4, -0.2) is 24.3 Å².